The number of rotatable bonds is 5. The van der Waals surface area contributed by atoms with Crippen LogP contribution in [-0.2, 0) is 37.0 Å². The maximum absolute atomic E-state index is 12.9. The summed E-state index contributed by atoms with van der Waals surface area (Å²) in [5.41, 5.74) is 1.50. The predicted molar refractivity (Wildman–Crippen MR) is 116 cm³/mol. The van der Waals surface area contributed by atoms with E-state index in [9.17, 15) is 22.8 Å². The number of nitrogens with zero attached hydrogens (tertiary/aromatic N) is 1. The quantitative estimate of drug-likeness (QED) is 0.684. The van der Waals surface area contributed by atoms with E-state index in [1.807, 2.05) is 0 Å². The summed E-state index contributed by atoms with van der Waals surface area (Å²) in [5, 5.41) is 3.17. The number of hydrogen-bond donors (Lipinski definition) is 1. The standard InChI is InChI=1S/C21H22N2O6S2/c1-2-29-21(26)19-13-6-5-8-15(13)30-20(19)22-17(24)12-23-14-7-3-4-9-16(14)31(27,28)11-10-18(23)25/h3-4,7,9H,2,5-6,8,10-12H2,1H3,(H,22,24). The van der Waals surface area contributed by atoms with Gasteiger partial charge >= 0.3 is 5.97 Å². The third kappa shape index (κ3) is 4.09. The third-order valence-electron chi connectivity index (χ3n) is 5.33. The first-order valence-electron chi connectivity index (χ1n) is 10.1. The first-order valence-corrected chi connectivity index (χ1v) is 12.5. The van der Waals surface area contributed by atoms with E-state index in [-0.39, 0.29) is 35.9 Å². The highest BCUT2D eigenvalue weighted by molar-refractivity contribution is 7.91. The smallest absolute Gasteiger partial charge is 0.341 e. The number of hydrogen-bond acceptors (Lipinski definition) is 7. The van der Waals surface area contributed by atoms with Crippen molar-refractivity contribution in [3.05, 3.63) is 40.3 Å². The molecule has 2 aliphatic rings. The molecule has 1 aromatic heterocycles. The van der Waals surface area contributed by atoms with Gasteiger partial charge in [-0.15, -0.1) is 11.3 Å². The molecule has 0 unspecified atom stereocenters. The number of ether oxygens (including phenoxy) is 1. The second kappa shape index (κ2) is 8.43. The van der Waals surface area contributed by atoms with Crippen LogP contribution >= 0.6 is 11.3 Å². The maximum atomic E-state index is 12.9. The summed E-state index contributed by atoms with van der Waals surface area (Å²) in [5.74, 6) is -1.72. The first-order chi connectivity index (χ1) is 14.8. The van der Waals surface area contributed by atoms with E-state index in [2.05, 4.69) is 5.32 Å². The van der Waals surface area contributed by atoms with E-state index in [4.69, 9.17) is 4.74 Å². The Morgan fingerprint density at radius 3 is 2.74 bits per heavy atom. The molecule has 2 heterocycles. The second-order valence-electron chi connectivity index (χ2n) is 7.35. The zero-order valence-electron chi connectivity index (χ0n) is 17.0. The van der Waals surface area contributed by atoms with Crippen molar-refractivity contribution in [2.45, 2.75) is 37.5 Å². The summed E-state index contributed by atoms with van der Waals surface area (Å²) in [7, 11) is -3.61. The van der Waals surface area contributed by atoms with Gasteiger partial charge in [-0.25, -0.2) is 13.2 Å². The lowest BCUT2D eigenvalue weighted by Gasteiger charge is -2.21. The highest BCUT2D eigenvalue weighted by Gasteiger charge is 2.33. The van der Waals surface area contributed by atoms with E-state index in [1.54, 1.807) is 19.1 Å². The average Bonchev–Trinajstić information content (AvgIpc) is 3.28. The van der Waals surface area contributed by atoms with Crippen LogP contribution in [0.5, 0.6) is 0 Å². The van der Waals surface area contributed by atoms with E-state index < -0.39 is 27.6 Å². The van der Waals surface area contributed by atoms with Gasteiger partial charge in [0.1, 0.15) is 11.5 Å². The summed E-state index contributed by atoms with van der Waals surface area (Å²) in [6, 6.07) is 6.17. The highest BCUT2D eigenvalue weighted by atomic mass is 32.2. The van der Waals surface area contributed by atoms with E-state index in [1.165, 1.54) is 28.4 Å². The first kappa shape index (κ1) is 21.5. The van der Waals surface area contributed by atoms with Crippen molar-refractivity contribution >= 4 is 49.6 Å². The Morgan fingerprint density at radius 1 is 1.19 bits per heavy atom. The molecule has 0 saturated heterocycles. The van der Waals surface area contributed by atoms with Gasteiger partial charge in [0.15, 0.2) is 9.84 Å². The molecule has 0 radical (unpaired) electrons. The van der Waals surface area contributed by atoms with Crippen LogP contribution in [0.1, 0.15) is 40.6 Å². The van der Waals surface area contributed by atoms with Crippen LogP contribution in [0.3, 0.4) is 0 Å². The number of carbonyl (C=O) groups is 3. The number of para-hydroxylation sites is 1. The Balaban J connectivity index is 1.61. The normalized spacial score (nSPS) is 16.9. The SMILES string of the molecule is CCOC(=O)c1c(NC(=O)CN2C(=O)CCS(=O)(=O)c3ccccc32)sc2c1CCC2. The van der Waals surface area contributed by atoms with Gasteiger partial charge in [-0.3, -0.25) is 9.59 Å². The third-order valence-corrected chi connectivity index (χ3v) is 8.30. The molecule has 31 heavy (non-hydrogen) atoms. The Kier molecular flexibility index (Phi) is 5.85. The fourth-order valence-electron chi connectivity index (χ4n) is 3.94. The second-order valence-corrected chi connectivity index (χ2v) is 10.5. The summed E-state index contributed by atoms with van der Waals surface area (Å²) in [4.78, 5) is 40.3. The van der Waals surface area contributed by atoms with Crippen molar-refractivity contribution in [2.75, 3.05) is 29.1 Å². The molecule has 8 nitrogen and oxygen atoms in total. The van der Waals surface area contributed by atoms with Gasteiger partial charge < -0.3 is 15.0 Å². The minimum absolute atomic E-state index is 0.0379. The number of benzene rings is 1. The van der Waals surface area contributed by atoms with Crippen LogP contribution in [0, 0.1) is 0 Å². The zero-order chi connectivity index (χ0) is 22.2. The van der Waals surface area contributed by atoms with Gasteiger partial charge in [0, 0.05) is 11.3 Å². The molecule has 0 bridgehead atoms. The van der Waals surface area contributed by atoms with Crippen LogP contribution in [0.4, 0.5) is 10.7 Å². The minimum atomic E-state index is -3.61. The molecule has 1 aliphatic heterocycles. The Morgan fingerprint density at radius 2 is 1.97 bits per heavy atom. The molecular weight excluding hydrogens is 440 g/mol. The van der Waals surface area contributed by atoms with Gasteiger partial charge in [-0.2, -0.15) is 0 Å². The lowest BCUT2D eigenvalue weighted by molar-refractivity contribution is -0.121. The largest absolute Gasteiger partial charge is 0.462 e. The Bertz CT molecular complexity index is 1170. The molecular formula is C21H22N2O6S2. The van der Waals surface area contributed by atoms with E-state index >= 15 is 0 Å². The van der Waals surface area contributed by atoms with Crippen molar-refractivity contribution in [1.29, 1.82) is 0 Å². The van der Waals surface area contributed by atoms with Crippen molar-refractivity contribution in [3.63, 3.8) is 0 Å². The topological polar surface area (TPSA) is 110 Å². The number of nitrogens with one attached hydrogen (secondary N) is 1. The van der Waals surface area contributed by atoms with Crippen molar-refractivity contribution in [2.24, 2.45) is 0 Å². The molecule has 0 spiro atoms. The monoisotopic (exact) mass is 462 g/mol. The van der Waals surface area contributed by atoms with Crippen LogP contribution in [0.25, 0.3) is 0 Å². The molecule has 10 heteroatoms. The van der Waals surface area contributed by atoms with Gasteiger partial charge in [0.2, 0.25) is 11.8 Å². The van der Waals surface area contributed by atoms with Crippen molar-refractivity contribution in [1.82, 2.24) is 0 Å². The van der Waals surface area contributed by atoms with Crippen LogP contribution in [0.15, 0.2) is 29.2 Å². The van der Waals surface area contributed by atoms with E-state index in [0.717, 1.165) is 29.7 Å². The maximum Gasteiger partial charge on any atom is 0.341 e. The molecule has 1 aromatic carbocycles. The predicted octanol–water partition coefficient (Wildman–Crippen LogP) is 2.56. The average molecular weight is 463 g/mol. The molecule has 0 atom stereocenters. The summed E-state index contributed by atoms with van der Waals surface area (Å²) in [6.07, 6.45) is 2.35. The molecule has 0 fully saturated rings. The van der Waals surface area contributed by atoms with E-state index in [0.29, 0.717) is 10.6 Å². The fourth-order valence-corrected chi connectivity index (χ4v) is 6.68. The molecule has 4 rings (SSSR count). The number of fused-ring (bicyclic) bond motifs is 2. The number of sulfone groups is 1. The van der Waals surface area contributed by atoms with Gasteiger partial charge in [-0.1, -0.05) is 12.1 Å². The minimum Gasteiger partial charge on any atom is -0.462 e. The van der Waals surface area contributed by atoms with Gasteiger partial charge in [-0.05, 0) is 43.9 Å². The molecule has 2 amide bonds. The number of esters is 1. The van der Waals surface area contributed by atoms with Crippen LogP contribution < -0.4 is 10.2 Å². The molecule has 0 saturated carbocycles. The summed E-state index contributed by atoms with van der Waals surface area (Å²) >= 11 is 1.35. The van der Waals surface area contributed by atoms with Crippen LogP contribution in [0.2, 0.25) is 0 Å². The lowest BCUT2D eigenvalue weighted by atomic mass is 10.1. The van der Waals surface area contributed by atoms with Gasteiger partial charge in [0.05, 0.1) is 28.5 Å². The number of thiophene rings is 1. The lowest BCUT2D eigenvalue weighted by Crippen LogP contribution is -2.38. The van der Waals surface area contributed by atoms with Crippen LogP contribution in [-0.4, -0.2) is 45.1 Å². The molecule has 1 aliphatic carbocycles. The summed E-state index contributed by atoms with van der Waals surface area (Å²) in [6.45, 7) is 1.60. The zero-order valence-corrected chi connectivity index (χ0v) is 18.6. The molecule has 1 N–H and O–H groups in total. The van der Waals surface area contributed by atoms with Crippen molar-refractivity contribution < 1.29 is 27.5 Å². The fraction of sp³-hybridized carbons (Fsp3) is 0.381. The van der Waals surface area contributed by atoms with Gasteiger partial charge in [0.25, 0.3) is 0 Å². The number of anilines is 2. The highest BCUT2D eigenvalue weighted by Crippen LogP contribution is 2.39. The Labute approximate surface area is 184 Å². The summed E-state index contributed by atoms with van der Waals surface area (Å²) < 4.78 is 30.2. The molecule has 2 aromatic rings. The number of carbonyl (C=O) groups excluding carboxylic acids is 3. The molecule has 164 valence electrons. The number of aryl methyl sites for hydroxylation is 1. The number of amides is 2. The van der Waals surface area contributed by atoms with Crippen molar-refractivity contribution in [3.8, 4) is 0 Å². The Hall–Kier alpha value is -2.72.